The Morgan fingerprint density at radius 2 is 2.24 bits per heavy atom. The van der Waals surface area contributed by atoms with E-state index in [2.05, 4.69) is 5.32 Å². The molecule has 0 saturated carbocycles. The van der Waals surface area contributed by atoms with Crippen LogP contribution in [0.4, 0.5) is 0 Å². The van der Waals surface area contributed by atoms with E-state index in [0.717, 1.165) is 25.0 Å². The first-order valence-corrected chi connectivity index (χ1v) is 5.97. The van der Waals surface area contributed by atoms with Crippen molar-refractivity contribution in [2.24, 2.45) is 0 Å². The second kappa shape index (κ2) is 6.21. The number of amides is 1. The van der Waals surface area contributed by atoms with E-state index >= 15 is 0 Å². The Kier molecular flexibility index (Phi) is 4.33. The first-order chi connectivity index (χ1) is 8.34. The smallest absolute Gasteiger partial charge is 0.244 e. The lowest BCUT2D eigenvalue weighted by Gasteiger charge is -2.08. The number of nitrogens with one attached hydrogen (secondary N) is 1. The molecule has 1 aliphatic heterocycles. The van der Waals surface area contributed by atoms with Crippen LogP contribution >= 0.6 is 0 Å². The Morgan fingerprint density at radius 3 is 2.94 bits per heavy atom. The van der Waals surface area contributed by atoms with E-state index in [9.17, 15) is 4.79 Å². The van der Waals surface area contributed by atoms with E-state index in [1.54, 1.807) is 6.08 Å². The Balaban J connectivity index is 1.75. The lowest BCUT2D eigenvalue weighted by Crippen LogP contribution is -2.30. The summed E-state index contributed by atoms with van der Waals surface area (Å²) in [6.45, 7) is 1.43. The Hall–Kier alpha value is -1.61. The summed E-state index contributed by atoms with van der Waals surface area (Å²) in [4.78, 5) is 11.5. The minimum Gasteiger partial charge on any atom is -0.376 e. The summed E-state index contributed by atoms with van der Waals surface area (Å²) in [6, 6.07) is 9.77. The molecule has 3 heteroatoms. The van der Waals surface area contributed by atoms with E-state index in [4.69, 9.17) is 4.74 Å². The molecule has 1 atom stereocenters. The highest BCUT2D eigenvalue weighted by atomic mass is 16.5. The Labute approximate surface area is 101 Å². The van der Waals surface area contributed by atoms with E-state index in [-0.39, 0.29) is 12.0 Å². The van der Waals surface area contributed by atoms with Gasteiger partial charge in [-0.15, -0.1) is 0 Å². The third kappa shape index (κ3) is 4.04. The highest BCUT2D eigenvalue weighted by Gasteiger charge is 2.15. The zero-order chi connectivity index (χ0) is 11.9. The SMILES string of the molecule is O=C(/C=C\c1ccccc1)NC[C@H]1CCCO1. The number of hydrogen-bond donors (Lipinski definition) is 1. The van der Waals surface area contributed by atoms with Crippen LogP contribution in [0.25, 0.3) is 6.08 Å². The van der Waals surface area contributed by atoms with Gasteiger partial charge in [-0.3, -0.25) is 4.79 Å². The predicted molar refractivity (Wildman–Crippen MR) is 67.5 cm³/mol. The molecular weight excluding hydrogens is 214 g/mol. The molecule has 0 aromatic heterocycles. The summed E-state index contributed by atoms with van der Waals surface area (Å²) >= 11 is 0. The van der Waals surface area contributed by atoms with Crippen molar-refractivity contribution in [2.75, 3.05) is 13.2 Å². The molecule has 1 aromatic rings. The van der Waals surface area contributed by atoms with Gasteiger partial charge in [0.25, 0.3) is 0 Å². The summed E-state index contributed by atoms with van der Waals surface area (Å²) in [7, 11) is 0. The quantitative estimate of drug-likeness (QED) is 0.805. The van der Waals surface area contributed by atoms with Gasteiger partial charge in [-0.1, -0.05) is 30.3 Å². The highest BCUT2D eigenvalue weighted by Crippen LogP contribution is 2.10. The molecule has 2 rings (SSSR count). The monoisotopic (exact) mass is 231 g/mol. The molecule has 0 spiro atoms. The molecule has 17 heavy (non-hydrogen) atoms. The fourth-order valence-corrected chi connectivity index (χ4v) is 1.81. The zero-order valence-corrected chi connectivity index (χ0v) is 9.76. The maximum Gasteiger partial charge on any atom is 0.244 e. The fraction of sp³-hybridized carbons (Fsp3) is 0.357. The van der Waals surface area contributed by atoms with E-state index in [1.807, 2.05) is 36.4 Å². The molecule has 90 valence electrons. The van der Waals surface area contributed by atoms with Crippen molar-refractivity contribution in [1.29, 1.82) is 0 Å². The first-order valence-electron chi connectivity index (χ1n) is 5.97. The highest BCUT2D eigenvalue weighted by molar-refractivity contribution is 5.91. The lowest BCUT2D eigenvalue weighted by molar-refractivity contribution is -0.116. The average Bonchev–Trinajstić information content (AvgIpc) is 2.88. The Morgan fingerprint density at radius 1 is 1.41 bits per heavy atom. The number of hydrogen-bond acceptors (Lipinski definition) is 2. The summed E-state index contributed by atoms with van der Waals surface area (Å²) < 4.78 is 5.43. The van der Waals surface area contributed by atoms with Gasteiger partial charge in [0.15, 0.2) is 0 Å². The Bertz CT molecular complexity index is 380. The molecule has 1 N–H and O–H groups in total. The van der Waals surface area contributed by atoms with Crippen LogP contribution in [-0.4, -0.2) is 25.2 Å². The normalized spacial score (nSPS) is 19.6. The molecule has 1 aliphatic rings. The minimum atomic E-state index is -0.0654. The number of benzene rings is 1. The fourth-order valence-electron chi connectivity index (χ4n) is 1.81. The maximum atomic E-state index is 11.5. The van der Waals surface area contributed by atoms with Gasteiger partial charge < -0.3 is 10.1 Å². The second-order valence-corrected chi connectivity index (χ2v) is 4.12. The molecule has 0 unspecified atom stereocenters. The van der Waals surface area contributed by atoms with Crippen LogP contribution in [0, 0.1) is 0 Å². The van der Waals surface area contributed by atoms with Gasteiger partial charge >= 0.3 is 0 Å². The van der Waals surface area contributed by atoms with Gasteiger partial charge in [-0.25, -0.2) is 0 Å². The average molecular weight is 231 g/mol. The summed E-state index contributed by atoms with van der Waals surface area (Å²) in [6.07, 6.45) is 5.71. The van der Waals surface area contributed by atoms with Crippen molar-refractivity contribution in [3.05, 3.63) is 42.0 Å². The van der Waals surface area contributed by atoms with Gasteiger partial charge in [0, 0.05) is 19.2 Å². The van der Waals surface area contributed by atoms with Crippen LogP contribution in [0.2, 0.25) is 0 Å². The number of ether oxygens (including phenoxy) is 1. The van der Waals surface area contributed by atoms with E-state index < -0.39 is 0 Å². The standard InChI is InChI=1S/C14H17NO2/c16-14(15-11-13-7-4-10-17-13)9-8-12-5-2-1-3-6-12/h1-3,5-6,8-9,13H,4,7,10-11H2,(H,15,16)/b9-8-/t13-/m1/s1. The number of carbonyl (C=O) groups is 1. The largest absolute Gasteiger partial charge is 0.376 e. The van der Waals surface area contributed by atoms with Crippen molar-refractivity contribution in [1.82, 2.24) is 5.32 Å². The van der Waals surface area contributed by atoms with Crippen molar-refractivity contribution in [3.8, 4) is 0 Å². The van der Waals surface area contributed by atoms with Crippen molar-refractivity contribution in [2.45, 2.75) is 18.9 Å². The first kappa shape index (κ1) is 11.9. The van der Waals surface area contributed by atoms with Gasteiger partial charge in [0.2, 0.25) is 5.91 Å². The molecule has 1 aromatic carbocycles. The minimum absolute atomic E-state index is 0.0654. The number of rotatable bonds is 4. The molecule has 1 fully saturated rings. The number of carbonyl (C=O) groups excluding carboxylic acids is 1. The molecular formula is C14H17NO2. The predicted octanol–water partition coefficient (Wildman–Crippen LogP) is 2.00. The molecule has 0 radical (unpaired) electrons. The molecule has 1 amide bonds. The van der Waals surface area contributed by atoms with Crippen LogP contribution in [0.3, 0.4) is 0 Å². The van der Waals surface area contributed by atoms with Gasteiger partial charge in [-0.2, -0.15) is 0 Å². The van der Waals surface area contributed by atoms with Crippen LogP contribution < -0.4 is 5.32 Å². The summed E-state index contributed by atoms with van der Waals surface area (Å²) in [5.41, 5.74) is 1.03. The summed E-state index contributed by atoms with van der Waals surface area (Å²) in [5.74, 6) is -0.0654. The molecule has 0 aliphatic carbocycles. The molecule has 3 nitrogen and oxygen atoms in total. The maximum absolute atomic E-state index is 11.5. The van der Waals surface area contributed by atoms with Gasteiger partial charge in [-0.05, 0) is 24.5 Å². The van der Waals surface area contributed by atoms with Crippen LogP contribution in [0.1, 0.15) is 18.4 Å². The van der Waals surface area contributed by atoms with Crippen LogP contribution in [0.15, 0.2) is 36.4 Å². The zero-order valence-electron chi connectivity index (χ0n) is 9.76. The van der Waals surface area contributed by atoms with Crippen molar-refractivity contribution < 1.29 is 9.53 Å². The topological polar surface area (TPSA) is 38.3 Å². The second-order valence-electron chi connectivity index (χ2n) is 4.12. The molecule has 1 heterocycles. The van der Waals surface area contributed by atoms with Crippen LogP contribution in [0.5, 0.6) is 0 Å². The third-order valence-corrected chi connectivity index (χ3v) is 2.75. The van der Waals surface area contributed by atoms with E-state index in [1.165, 1.54) is 0 Å². The van der Waals surface area contributed by atoms with E-state index in [0.29, 0.717) is 6.54 Å². The van der Waals surface area contributed by atoms with Crippen LogP contribution in [-0.2, 0) is 9.53 Å². The molecule has 0 bridgehead atoms. The van der Waals surface area contributed by atoms with Crippen molar-refractivity contribution in [3.63, 3.8) is 0 Å². The van der Waals surface area contributed by atoms with Crippen molar-refractivity contribution >= 4 is 12.0 Å². The molecule has 1 saturated heterocycles. The summed E-state index contributed by atoms with van der Waals surface area (Å²) in [5, 5.41) is 2.84. The lowest BCUT2D eigenvalue weighted by atomic mass is 10.2. The third-order valence-electron chi connectivity index (χ3n) is 2.75. The van der Waals surface area contributed by atoms with Gasteiger partial charge in [0.05, 0.1) is 6.10 Å². The van der Waals surface area contributed by atoms with Gasteiger partial charge in [0.1, 0.15) is 0 Å².